The Labute approximate surface area is 115 Å². The van der Waals surface area contributed by atoms with Crippen molar-refractivity contribution in [2.24, 2.45) is 0 Å². The molecule has 4 heteroatoms. The van der Waals surface area contributed by atoms with Crippen molar-refractivity contribution in [3.8, 4) is 12.1 Å². The monoisotopic (exact) mass is 262 g/mol. The normalized spacial score (nSPS) is 11.2. The largest absolute Gasteiger partial charge is 0.410 e. The second kappa shape index (κ2) is 5.29. The van der Waals surface area contributed by atoms with Gasteiger partial charge in [-0.1, -0.05) is 42.5 Å². The lowest BCUT2D eigenvalue weighted by atomic mass is 10.2. The van der Waals surface area contributed by atoms with Crippen LogP contribution in [0.2, 0.25) is 0 Å². The summed E-state index contributed by atoms with van der Waals surface area (Å²) in [7, 11) is 0. The van der Waals surface area contributed by atoms with E-state index in [0.29, 0.717) is 16.9 Å². The summed E-state index contributed by atoms with van der Waals surface area (Å²) in [5.41, 5.74) is 2.15. The predicted octanol–water partition coefficient (Wildman–Crippen LogP) is 3.77. The molecule has 0 spiro atoms. The Morgan fingerprint density at radius 2 is 1.85 bits per heavy atom. The van der Waals surface area contributed by atoms with E-state index < -0.39 is 0 Å². The van der Waals surface area contributed by atoms with E-state index in [4.69, 9.17) is 14.4 Å². The number of fused-ring (bicyclic) bond motifs is 1. The van der Waals surface area contributed by atoms with Crippen molar-refractivity contribution in [2.75, 3.05) is 0 Å². The fourth-order valence-electron chi connectivity index (χ4n) is 1.82. The van der Waals surface area contributed by atoms with Crippen LogP contribution >= 0.6 is 0 Å². The molecule has 0 saturated carbocycles. The summed E-state index contributed by atoms with van der Waals surface area (Å²) < 4.78 is 11.1. The summed E-state index contributed by atoms with van der Waals surface area (Å²) in [5, 5.41) is 8.86. The van der Waals surface area contributed by atoms with Gasteiger partial charge in [-0.2, -0.15) is 10.2 Å². The van der Waals surface area contributed by atoms with Crippen LogP contribution in [-0.2, 0) is 0 Å². The van der Waals surface area contributed by atoms with Gasteiger partial charge < -0.3 is 9.15 Å². The minimum absolute atomic E-state index is 0.122. The molecule has 0 aliphatic heterocycles. The quantitative estimate of drug-likeness (QED) is 0.532. The number of hydrogen-bond acceptors (Lipinski definition) is 4. The van der Waals surface area contributed by atoms with Gasteiger partial charge in [0.1, 0.15) is 11.3 Å². The minimum Gasteiger partial charge on any atom is -0.410 e. The Bertz CT molecular complexity index is 765. The van der Waals surface area contributed by atoms with Crippen LogP contribution in [0.3, 0.4) is 0 Å². The maximum absolute atomic E-state index is 8.86. The fourth-order valence-corrected chi connectivity index (χ4v) is 1.82. The van der Waals surface area contributed by atoms with Gasteiger partial charge in [0, 0.05) is 5.56 Å². The molecule has 0 amide bonds. The zero-order chi connectivity index (χ0) is 13.8. The molecule has 0 unspecified atom stereocenters. The smallest absolute Gasteiger partial charge is 0.400 e. The highest BCUT2D eigenvalue weighted by atomic mass is 16.6. The van der Waals surface area contributed by atoms with Crippen molar-refractivity contribution in [1.82, 2.24) is 4.98 Å². The van der Waals surface area contributed by atoms with Crippen LogP contribution in [0.4, 0.5) is 0 Å². The van der Waals surface area contributed by atoms with Crippen LogP contribution in [0.5, 0.6) is 6.08 Å². The first-order chi connectivity index (χ1) is 9.86. The van der Waals surface area contributed by atoms with Gasteiger partial charge >= 0.3 is 6.08 Å². The number of ether oxygens (including phenoxy) is 1. The molecule has 0 bridgehead atoms. The summed E-state index contributed by atoms with van der Waals surface area (Å²) in [6, 6.07) is 18.7. The molecule has 96 valence electrons. The molecule has 0 atom stereocenters. The van der Waals surface area contributed by atoms with Crippen molar-refractivity contribution in [2.45, 2.75) is 0 Å². The third-order valence-electron chi connectivity index (χ3n) is 2.73. The second-order valence-corrected chi connectivity index (χ2v) is 4.05. The number of oxazole rings is 1. The van der Waals surface area contributed by atoms with Crippen molar-refractivity contribution in [3.63, 3.8) is 0 Å². The highest BCUT2D eigenvalue weighted by Crippen LogP contribution is 2.24. The van der Waals surface area contributed by atoms with Crippen LogP contribution in [-0.4, -0.2) is 4.98 Å². The van der Waals surface area contributed by atoms with E-state index in [1.165, 1.54) is 6.08 Å². The Hall–Kier alpha value is -3.06. The number of nitriles is 1. The molecule has 2 aromatic carbocycles. The second-order valence-electron chi connectivity index (χ2n) is 4.05. The van der Waals surface area contributed by atoms with Crippen LogP contribution < -0.4 is 4.74 Å². The molecule has 1 aromatic heterocycles. The van der Waals surface area contributed by atoms with E-state index in [1.54, 1.807) is 0 Å². The number of aromatic nitrogens is 1. The molecule has 3 rings (SSSR count). The molecule has 20 heavy (non-hydrogen) atoms. The molecule has 0 N–H and O–H groups in total. The average Bonchev–Trinajstić information content (AvgIpc) is 2.90. The first kappa shape index (κ1) is 12.0. The molecule has 0 saturated heterocycles. The Balaban J connectivity index is 1.95. The molecule has 4 nitrogen and oxygen atoms in total. The molecule has 0 fully saturated rings. The van der Waals surface area contributed by atoms with Crippen LogP contribution in [0.1, 0.15) is 5.56 Å². The summed E-state index contributed by atoms with van der Waals surface area (Å²) in [5.74, 6) is 0.402. The lowest BCUT2D eigenvalue weighted by Gasteiger charge is -2.04. The Morgan fingerprint density at radius 3 is 2.60 bits per heavy atom. The van der Waals surface area contributed by atoms with Gasteiger partial charge in [-0.05, 0) is 12.1 Å². The molecule has 1 heterocycles. The molecule has 0 aliphatic rings. The Morgan fingerprint density at radius 1 is 1.10 bits per heavy atom. The zero-order valence-electron chi connectivity index (χ0n) is 10.5. The van der Waals surface area contributed by atoms with Gasteiger partial charge in [-0.3, -0.25) is 0 Å². The van der Waals surface area contributed by atoms with E-state index in [9.17, 15) is 0 Å². The number of nitrogens with zero attached hydrogens (tertiary/aromatic N) is 2. The van der Waals surface area contributed by atoms with Crippen LogP contribution in [0.25, 0.3) is 16.9 Å². The van der Waals surface area contributed by atoms with Crippen molar-refractivity contribution < 1.29 is 9.15 Å². The Kier molecular flexibility index (Phi) is 3.17. The molecular formula is C16H10N2O2. The zero-order valence-corrected chi connectivity index (χ0v) is 10.5. The van der Waals surface area contributed by atoms with Crippen LogP contribution in [0.15, 0.2) is 65.1 Å². The maximum atomic E-state index is 8.86. The molecule has 0 radical (unpaired) electrons. The van der Waals surface area contributed by atoms with E-state index in [1.807, 2.05) is 60.7 Å². The first-order valence-corrected chi connectivity index (χ1v) is 6.05. The highest BCUT2D eigenvalue weighted by molar-refractivity contribution is 5.73. The van der Waals surface area contributed by atoms with Crippen molar-refractivity contribution in [3.05, 3.63) is 66.2 Å². The standard InChI is InChI=1S/C16H10N2O2/c17-11-10-14(12-6-2-1-3-7-12)19-16-18-13-8-4-5-9-15(13)20-16/h1-10H. The van der Waals surface area contributed by atoms with Crippen LogP contribution in [0, 0.1) is 11.3 Å². The topological polar surface area (TPSA) is 59.0 Å². The summed E-state index contributed by atoms with van der Waals surface area (Å²) in [4.78, 5) is 4.22. The van der Waals surface area contributed by atoms with E-state index >= 15 is 0 Å². The van der Waals surface area contributed by atoms with Gasteiger partial charge in [0.2, 0.25) is 0 Å². The molecular weight excluding hydrogens is 252 g/mol. The third-order valence-corrected chi connectivity index (χ3v) is 2.73. The lowest BCUT2D eigenvalue weighted by molar-refractivity contribution is 0.361. The minimum atomic E-state index is 0.122. The maximum Gasteiger partial charge on any atom is 0.400 e. The van der Waals surface area contributed by atoms with Gasteiger partial charge in [0.15, 0.2) is 5.58 Å². The number of allylic oxidation sites excluding steroid dienone is 1. The number of hydrogen-bond donors (Lipinski definition) is 0. The summed E-state index contributed by atoms with van der Waals surface area (Å²) >= 11 is 0. The van der Waals surface area contributed by atoms with Crippen molar-refractivity contribution in [1.29, 1.82) is 5.26 Å². The van der Waals surface area contributed by atoms with Gasteiger partial charge in [0.25, 0.3) is 0 Å². The summed E-state index contributed by atoms with van der Waals surface area (Å²) in [6.45, 7) is 0. The number of benzene rings is 2. The van der Waals surface area contributed by atoms with E-state index in [-0.39, 0.29) is 6.08 Å². The van der Waals surface area contributed by atoms with Gasteiger partial charge in [-0.15, -0.1) is 0 Å². The highest BCUT2D eigenvalue weighted by Gasteiger charge is 2.10. The first-order valence-electron chi connectivity index (χ1n) is 6.05. The molecule has 0 aliphatic carbocycles. The number of rotatable bonds is 3. The van der Waals surface area contributed by atoms with Gasteiger partial charge in [-0.25, -0.2) is 0 Å². The third kappa shape index (κ3) is 2.38. The number of para-hydroxylation sites is 2. The lowest BCUT2D eigenvalue weighted by Crippen LogP contribution is -1.94. The van der Waals surface area contributed by atoms with E-state index in [0.717, 1.165) is 5.56 Å². The summed E-state index contributed by atoms with van der Waals surface area (Å²) in [6.07, 6.45) is 1.45. The van der Waals surface area contributed by atoms with Gasteiger partial charge in [0.05, 0.1) is 12.1 Å². The fraction of sp³-hybridized carbons (Fsp3) is 0. The predicted molar refractivity (Wildman–Crippen MR) is 74.7 cm³/mol. The molecule has 3 aromatic rings. The van der Waals surface area contributed by atoms with E-state index in [2.05, 4.69) is 4.98 Å². The van der Waals surface area contributed by atoms with Crippen molar-refractivity contribution >= 4 is 16.9 Å². The SMILES string of the molecule is N#CC=C(Oc1nc2ccccc2o1)c1ccccc1. The average molecular weight is 262 g/mol.